The lowest BCUT2D eigenvalue weighted by molar-refractivity contribution is 0.0995. The Bertz CT molecular complexity index is 1140. The molecule has 3 rings (SSSR count). The van der Waals surface area contributed by atoms with Crippen molar-refractivity contribution in [3.63, 3.8) is 0 Å². The minimum atomic E-state index is -2.30. The van der Waals surface area contributed by atoms with E-state index < -0.39 is 13.0 Å². The van der Waals surface area contributed by atoms with Crippen LogP contribution in [-0.4, -0.2) is 31.3 Å². The minimum Gasteiger partial charge on any atom is -0.397 e. The first kappa shape index (κ1) is 21.8. The van der Waals surface area contributed by atoms with E-state index in [2.05, 4.69) is 5.32 Å². The molecule has 0 unspecified atom stereocenters. The summed E-state index contributed by atoms with van der Waals surface area (Å²) in [5.41, 5.74) is 14.7. The van der Waals surface area contributed by atoms with Gasteiger partial charge in [0.25, 0.3) is 5.91 Å². The lowest BCUT2D eigenvalue weighted by atomic mass is 10.0. The lowest BCUT2D eigenvalue weighted by Gasteiger charge is -2.14. The molecule has 0 fully saturated rings. The number of amides is 2. The number of nitrogens with two attached hydrogens (primary N) is 2. The SMILES string of the molecule is CP(C)(=O)CCc1cc(C(N)=O)ccc1C(=O)Nc1cc(-c2cccs2)ccc1N. The van der Waals surface area contributed by atoms with E-state index in [9.17, 15) is 14.2 Å². The Kier molecular flexibility index (Phi) is 6.44. The molecular weight excluding hydrogens is 417 g/mol. The number of aryl methyl sites for hydroxylation is 1. The highest BCUT2D eigenvalue weighted by Gasteiger charge is 2.17. The number of carbonyl (C=O) groups excluding carboxylic acids is 2. The molecule has 1 heterocycles. The molecule has 0 aliphatic carbocycles. The van der Waals surface area contributed by atoms with Gasteiger partial charge in [0, 0.05) is 22.2 Å². The van der Waals surface area contributed by atoms with Crippen LogP contribution >= 0.6 is 18.5 Å². The summed E-state index contributed by atoms with van der Waals surface area (Å²) in [6.45, 7) is 3.39. The molecule has 5 N–H and O–H groups in total. The van der Waals surface area contributed by atoms with Crippen LogP contribution in [0.2, 0.25) is 0 Å². The topological polar surface area (TPSA) is 115 Å². The second-order valence-electron chi connectivity index (χ2n) is 7.52. The fourth-order valence-electron chi connectivity index (χ4n) is 3.02. The zero-order valence-electron chi connectivity index (χ0n) is 16.8. The van der Waals surface area contributed by atoms with Crippen molar-refractivity contribution in [3.8, 4) is 10.4 Å². The van der Waals surface area contributed by atoms with Gasteiger partial charge >= 0.3 is 0 Å². The van der Waals surface area contributed by atoms with E-state index in [0.29, 0.717) is 40.6 Å². The van der Waals surface area contributed by atoms with Crippen LogP contribution in [0.4, 0.5) is 11.4 Å². The van der Waals surface area contributed by atoms with Crippen molar-refractivity contribution in [2.24, 2.45) is 5.73 Å². The standard InChI is InChI=1S/C22H24N3O3PS/c1-29(2,28)10-9-14-12-16(21(24)26)5-7-17(14)22(27)25-19-13-15(6-8-18(19)23)20-4-3-11-30-20/h3-8,11-13H,9-10,23H2,1-2H3,(H2,24,26)(H,25,27). The molecule has 0 radical (unpaired) electrons. The smallest absolute Gasteiger partial charge is 0.255 e. The van der Waals surface area contributed by atoms with Crippen molar-refractivity contribution >= 4 is 41.7 Å². The summed E-state index contributed by atoms with van der Waals surface area (Å²) in [6, 6.07) is 14.1. The van der Waals surface area contributed by atoms with Gasteiger partial charge in [0.05, 0.1) is 18.5 Å². The van der Waals surface area contributed by atoms with Crippen LogP contribution in [0.1, 0.15) is 26.3 Å². The molecule has 0 spiro atoms. The van der Waals surface area contributed by atoms with E-state index in [1.807, 2.05) is 29.6 Å². The molecule has 0 aliphatic rings. The predicted molar refractivity (Wildman–Crippen MR) is 125 cm³/mol. The van der Waals surface area contributed by atoms with E-state index in [-0.39, 0.29) is 5.91 Å². The molecule has 0 aliphatic heterocycles. The number of rotatable bonds is 7. The highest BCUT2D eigenvalue weighted by atomic mass is 32.1. The summed E-state index contributed by atoms with van der Waals surface area (Å²) >= 11 is 1.60. The van der Waals surface area contributed by atoms with Gasteiger partial charge in [-0.3, -0.25) is 9.59 Å². The van der Waals surface area contributed by atoms with Gasteiger partial charge < -0.3 is 21.3 Å². The number of primary amides is 1. The number of carbonyl (C=O) groups is 2. The first-order valence-corrected chi connectivity index (χ1v) is 13.0. The van der Waals surface area contributed by atoms with Crippen LogP contribution < -0.4 is 16.8 Å². The van der Waals surface area contributed by atoms with Crippen molar-refractivity contribution < 1.29 is 14.2 Å². The summed E-state index contributed by atoms with van der Waals surface area (Å²) < 4.78 is 12.2. The molecule has 8 heteroatoms. The summed E-state index contributed by atoms with van der Waals surface area (Å²) in [4.78, 5) is 25.7. The molecule has 0 bridgehead atoms. The fraction of sp³-hybridized carbons (Fsp3) is 0.182. The molecule has 0 saturated carbocycles. The fourth-order valence-corrected chi connectivity index (χ4v) is 4.52. The van der Waals surface area contributed by atoms with Gasteiger partial charge in [-0.1, -0.05) is 12.1 Å². The predicted octanol–water partition coefficient (Wildman–Crippen LogP) is 4.51. The van der Waals surface area contributed by atoms with Gasteiger partial charge in [-0.05, 0) is 72.7 Å². The zero-order valence-corrected chi connectivity index (χ0v) is 18.6. The number of hydrogen-bond donors (Lipinski definition) is 3. The molecule has 6 nitrogen and oxygen atoms in total. The Morgan fingerprint density at radius 3 is 2.50 bits per heavy atom. The first-order valence-electron chi connectivity index (χ1n) is 9.35. The molecule has 30 heavy (non-hydrogen) atoms. The van der Waals surface area contributed by atoms with E-state index in [1.165, 1.54) is 6.07 Å². The average molecular weight is 441 g/mol. The Balaban J connectivity index is 1.92. The first-order chi connectivity index (χ1) is 14.1. The molecule has 156 valence electrons. The number of nitrogens with one attached hydrogen (secondary N) is 1. The van der Waals surface area contributed by atoms with Gasteiger partial charge in [-0.25, -0.2) is 0 Å². The third-order valence-electron chi connectivity index (χ3n) is 4.66. The normalized spacial score (nSPS) is 11.3. The quantitative estimate of drug-likeness (QED) is 0.369. The van der Waals surface area contributed by atoms with Gasteiger partial charge in [0.1, 0.15) is 0 Å². The van der Waals surface area contributed by atoms with Crippen LogP contribution in [0, 0.1) is 0 Å². The third-order valence-corrected chi connectivity index (χ3v) is 6.88. The van der Waals surface area contributed by atoms with Crippen LogP contribution in [0.3, 0.4) is 0 Å². The summed E-state index contributed by atoms with van der Waals surface area (Å²) in [5.74, 6) is -0.926. The minimum absolute atomic E-state index is 0.308. The number of hydrogen-bond acceptors (Lipinski definition) is 5. The van der Waals surface area contributed by atoms with Crippen molar-refractivity contribution in [1.82, 2.24) is 0 Å². The van der Waals surface area contributed by atoms with E-state index >= 15 is 0 Å². The van der Waals surface area contributed by atoms with Crippen molar-refractivity contribution in [2.45, 2.75) is 6.42 Å². The van der Waals surface area contributed by atoms with Crippen LogP contribution in [0.5, 0.6) is 0 Å². The number of thiophene rings is 1. The van der Waals surface area contributed by atoms with Crippen molar-refractivity contribution in [2.75, 3.05) is 30.5 Å². The molecule has 2 aromatic carbocycles. The second kappa shape index (κ2) is 8.86. The Hall–Kier alpha value is -2.89. The average Bonchev–Trinajstić information content (AvgIpc) is 3.22. The highest BCUT2D eigenvalue weighted by molar-refractivity contribution is 7.62. The van der Waals surface area contributed by atoms with Gasteiger partial charge in [-0.15, -0.1) is 11.3 Å². The van der Waals surface area contributed by atoms with Crippen LogP contribution in [-0.2, 0) is 11.0 Å². The molecule has 3 aromatic rings. The Morgan fingerprint density at radius 2 is 1.87 bits per heavy atom. The van der Waals surface area contributed by atoms with E-state index in [4.69, 9.17) is 11.5 Å². The molecule has 0 saturated heterocycles. The summed E-state index contributed by atoms with van der Waals surface area (Å²) in [6.07, 6.45) is 0.824. The third kappa shape index (κ3) is 5.38. The van der Waals surface area contributed by atoms with Crippen LogP contribution in [0.25, 0.3) is 10.4 Å². The zero-order chi connectivity index (χ0) is 21.9. The molecule has 0 atom stereocenters. The number of nitrogen functional groups attached to an aromatic ring is 1. The maximum absolute atomic E-state index is 13.0. The van der Waals surface area contributed by atoms with Crippen molar-refractivity contribution in [3.05, 3.63) is 70.6 Å². The van der Waals surface area contributed by atoms with E-state index in [0.717, 1.165) is 10.4 Å². The van der Waals surface area contributed by atoms with Gasteiger partial charge in [0.2, 0.25) is 5.91 Å². The Morgan fingerprint density at radius 1 is 1.10 bits per heavy atom. The molecule has 1 aromatic heterocycles. The van der Waals surface area contributed by atoms with Crippen molar-refractivity contribution in [1.29, 1.82) is 0 Å². The largest absolute Gasteiger partial charge is 0.397 e. The second-order valence-corrected chi connectivity index (χ2v) is 12.1. The number of benzene rings is 2. The summed E-state index contributed by atoms with van der Waals surface area (Å²) in [5, 5.41) is 4.85. The summed E-state index contributed by atoms with van der Waals surface area (Å²) in [7, 11) is -2.30. The van der Waals surface area contributed by atoms with E-state index in [1.54, 1.807) is 42.9 Å². The van der Waals surface area contributed by atoms with Crippen LogP contribution in [0.15, 0.2) is 53.9 Å². The maximum atomic E-state index is 13.0. The van der Waals surface area contributed by atoms with Gasteiger partial charge in [0.15, 0.2) is 0 Å². The monoisotopic (exact) mass is 441 g/mol. The van der Waals surface area contributed by atoms with Gasteiger partial charge in [-0.2, -0.15) is 0 Å². The lowest BCUT2D eigenvalue weighted by Crippen LogP contribution is -2.18. The Labute approximate surface area is 179 Å². The number of anilines is 2. The molecular formula is C22H24N3O3PS. The maximum Gasteiger partial charge on any atom is 0.255 e. The highest BCUT2D eigenvalue weighted by Crippen LogP contribution is 2.37. The molecule has 2 amide bonds.